The number of hydrogen-bond donors (Lipinski definition) is 2. The minimum absolute atomic E-state index is 0.0856. The Morgan fingerprint density at radius 1 is 1.41 bits per heavy atom. The molecule has 0 amide bonds. The van der Waals surface area contributed by atoms with Crippen LogP contribution in [0.5, 0.6) is 0 Å². The molecule has 8 heteroatoms. The van der Waals surface area contributed by atoms with Crippen molar-refractivity contribution in [1.82, 2.24) is 9.88 Å². The number of halogens is 3. The lowest BCUT2D eigenvalue weighted by atomic mass is 10.3. The van der Waals surface area contributed by atoms with Crippen LogP contribution in [0, 0.1) is 0 Å². The fourth-order valence-electron chi connectivity index (χ4n) is 1.19. The molecule has 2 N–H and O–H groups in total. The number of nitrogens with zero attached hydrogens (tertiary/aromatic N) is 1. The van der Waals surface area contributed by atoms with Gasteiger partial charge < -0.3 is 5.11 Å². The van der Waals surface area contributed by atoms with Gasteiger partial charge in [-0.3, -0.25) is 14.7 Å². The van der Waals surface area contributed by atoms with Gasteiger partial charge in [0.1, 0.15) is 0 Å². The van der Waals surface area contributed by atoms with E-state index in [1.807, 2.05) is 6.07 Å². The molecule has 0 atom stereocenters. The van der Waals surface area contributed by atoms with Gasteiger partial charge in [-0.05, 0) is 6.07 Å². The van der Waals surface area contributed by atoms with E-state index in [9.17, 15) is 18.0 Å². The average Bonchev–Trinajstić information content (AvgIpc) is 2.66. The van der Waals surface area contributed by atoms with Gasteiger partial charge in [-0.25, -0.2) is 4.79 Å². The van der Waals surface area contributed by atoms with E-state index in [0.717, 1.165) is 12.2 Å². The summed E-state index contributed by atoms with van der Waals surface area (Å²) >= 11 is 0. The fourth-order valence-corrected chi connectivity index (χ4v) is 1.19. The molecule has 0 bridgehead atoms. The maximum absolute atomic E-state index is 11.0. The van der Waals surface area contributed by atoms with Crippen LogP contribution in [-0.2, 0) is 18.0 Å². The lowest BCUT2D eigenvalue weighted by Gasteiger charge is -1.96. The summed E-state index contributed by atoms with van der Waals surface area (Å²) in [6.45, 7) is 1.48. The number of nitrogens with one attached hydrogen (secondary N) is 1. The maximum atomic E-state index is 11.0. The Morgan fingerprint density at radius 3 is 2.47 bits per heavy atom. The second kappa shape index (κ2) is 5.00. The van der Waals surface area contributed by atoms with E-state index >= 15 is 0 Å². The summed E-state index contributed by atoms with van der Waals surface area (Å²) < 4.78 is 33.5. The van der Waals surface area contributed by atoms with Crippen molar-refractivity contribution in [2.45, 2.75) is 19.4 Å². The molecular weight excluding hydrogens is 241 g/mol. The van der Waals surface area contributed by atoms with Crippen molar-refractivity contribution < 1.29 is 23.1 Å². The largest absolute Gasteiger partial charge is 0.490 e. The highest BCUT2D eigenvalue weighted by molar-refractivity contribution is 5.73. The number of carboxylic acids is 1. The molecule has 1 aliphatic rings. The molecule has 5 nitrogen and oxygen atoms in total. The first kappa shape index (κ1) is 13.2. The van der Waals surface area contributed by atoms with Gasteiger partial charge in [0.05, 0.1) is 6.67 Å². The van der Waals surface area contributed by atoms with Gasteiger partial charge in [-0.1, -0.05) is 6.07 Å². The normalized spacial score (nSPS) is 13.6. The van der Waals surface area contributed by atoms with Gasteiger partial charge in [0.25, 0.3) is 5.56 Å². The van der Waals surface area contributed by atoms with E-state index in [4.69, 9.17) is 9.90 Å². The molecule has 2 rings (SSSR count). The van der Waals surface area contributed by atoms with Gasteiger partial charge in [0.15, 0.2) is 0 Å². The van der Waals surface area contributed by atoms with Crippen molar-refractivity contribution in [2.24, 2.45) is 0 Å². The predicted octanol–water partition coefficient (Wildman–Crippen LogP) is 0.542. The van der Waals surface area contributed by atoms with Crippen molar-refractivity contribution in [1.29, 1.82) is 0 Å². The number of pyridine rings is 1. The molecule has 1 aromatic rings. The minimum atomic E-state index is -5.08. The highest BCUT2D eigenvalue weighted by atomic mass is 19.4. The molecule has 0 aliphatic carbocycles. The molecule has 0 saturated heterocycles. The van der Waals surface area contributed by atoms with Crippen LogP contribution in [0.3, 0.4) is 0 Å². The highest BCUT2D eigenvalue weighted by Gasteiger charge is 2.38. The molecule has 94 valence electrons. The van der Waals surface area contributed by atoms with E-state index < -0.39 is 12.1 Å². The van der Waals surface area contributed by atoms with Crippen LogP contribution in [0.25, 0.3) is 0 Å². The fraction of sp³-hybridized carbons (Fsp3) is 0.333. The molecule has 1 aliphatic heterocycles. The second-order valence-corrected chi connectivity index (χ2v) is 3.17. The summed E-state index contributed by atoms with van der Waals surface area (Å²) in [7, 11) is 0. The van der Waals surface area contributed by atoms with Crippen LogP contribution in [0.4, 0.5) is 13.2 Å². The zero-order valence-electron chi connectivity index (χ0n) is 8.49. The summed E-state index contributed by atoms with van der Waals surface area (Å²) in [6, 6.07) is 5.33. The Bertz CT molecular complexity index is 467. The second-order valence-electron chi connectivity index (χ2n) is 3.17. The van der Waals surface area contributed by atoms with Crippen molar-refractivity contribution in [3.8, 4) is 0 Å². The van der Waals surface area contributed by atoms with E-state index in [0.29, 0.717) is 6.67 Å². The number of rotatable bonds is 0. The summed E-state index contributed by atoms with van der Waals surface area (Å²) in [6.07, 6.45) is -5.08. The zero-order chi connectivity index (χ0) is 13.1. The lowest BCUT2D eigenvalue weighted by Crippen LogP contribution is -2.21. The molecule has 1 aromatic heterocycles. The number of hydrogen-bond acceptors (Lipinski definition) is 3. The number of aliphatic carboxylic acids is 1. The molecule has 17 heavy (non-hydrogen) atoms. The molecule has 0 radical (unpaired) electrons. The van der Waals surface area contributed by atoms with Gasteiger partial charge in [0, 0.05) is 18.3 Å². The smallest absolute Gasteiger partial charge is 0.475 e. The van der Waals surface area contributed by atoms with Gasteiger partial charge in [0.2, 0.25) is 0 Å². The van der Waals surface area contributed by atoms with Crippen LogP contribution >= 0.6 is 0 Å². The molecule has 0 unspecified atom stereocenters. The minimum Gasteiger partial charge on any atom is -0.475 e. The van der Waals surface area contributed by atoms with Crippen LogP contribution in [0.15, 0.2) is 23.0 Å². The maximum Gasteiger partial charge on any atom is 0.490 e. The topological polar surface area (TPSA) is 71.3 Å². The molecule has 0 aromatic carbocycles. The summed E-state index contributed by atoms with van der Waals surface area (Å²) in [5.41, 5.74) is 1.16. The Hall–Kier alpha value is -1.83. The van der Waals surface area contributed by atoms with E-state index in [-0.39, 0.29) is 5.56 Å². The highest BCUT2D eigenvalue weighted by Crippen LogP contribution is 2.13. The molecule has 2 heterocycles. The summed E-state index contributed by atoms with van der Waals surface area (Å²) in [4.78, 5) is 19.9. The van der Waals surface area contributed by atoms with Crippen LogP contribution < -0.4 is 10.9 Å². The van der Waals surface area contributed by atoms with Crippen LogP contribution in [0.2, 0.25) is 0 Å². The molecular formula is C9H9F3N2O3. The standard InChI is InChI=1S/C7H8N2O.C2HF3O2/c10-7-3-1-2-6-4-8-5-9(6)7;3-2(4,5)1(6)7/h1-3,8H,4-5H2;(H,6,7). The number of carbonyl (C=O) groups is 1. The van der Waals surface area contributed by atoms with Crippen molar-refractivity contribution in [3.63, 3.8) is 0 Å². The Balaban J connectivity index is 0.000000185. The summed E-state index contributed by atoms with van der Waals surface area (Å²) in [5, 5.41) is 10.2. The van der Waals surface area contributed by atoms with Crippen molar-refractivity contribution in [3.05, 3.63) is 34.2 Å². The monoisotopic (exact) mass is 250 g/mol. The Morgan fingerprint density at radius 2 is 2.00 bits per heavy atom. The zero-order valence-corrected chi connectivity index (χ0v) is 8.49. The third-order valence-electron chi connectivity index (χ3n) is 1.96. The Labute approximate surface area is 93.5 Å². The van der Waals surface area contributed by atoms with Crippen molar-refractivity contribution in [2.75, 3.05) is 0 Å². The first-order chi connectivity index (χ1) is 7.82. The average molecular weight is 250 g/mol. The molecule has 0 saturated carbocycles. The predicted molar refractivity (Wildman–Crippen MR) is 51.2 cm³/mol. The summed E-state index contributed by atoms with van der Waals surface area (Å²) in [5.74, 6) is -2.76. The third kappa shape index (κ3) is 3.59. The van der Waals surface area contributed by atoms with Gasteiger partial charge in [-0.15, -0.1) is 0 Å². The van der Waals surface area contributed by atoms with Crippen molar-refractivity contribution >= 4 is 5.97 Å². The van der Waals surface area contributed by atoms with E-state index in [1.165, 1.54) is 0 Å². The van der Waals surface area contributed by atoms with Gasteiger partial charge >= 0.3 is 12.1 Å². The quantitative estimate of drug-likeness (QED) is 0.705. The van der Waals surface area contributed by atoms with Gasteiger partial charge in [-0.2, -0.15) is 13.2 Å². The number of carboxylic acid groups (broad SMARTS) is 1. The molecule has 0 fully saturated rings. The Kier molecular flexibility index (Phi) is 3.89. The third-order valence-corrected chi connectivity index (χ3v) is 1.96. The lowest BCUT2D eigenvalue weighted by molar-refractivity contribution is -0.192. The number of alkyl halides is 3. The van der Waals surface area contributed by atoms with E-state index in [2.05, 4.69) is 5.32 Å². The number of fused-ring (bicyclic) bond motifs is 1. The first-order valence-corrected chi connectivity index (χ1v) is 4.52. The number of aromatic nitrogens is 1. The van der Waals surface area contributed by atoms with Crippen LogP contribution in [-0.4, -0.2) is 21.8 Å². The van der Waals surface area contributed by atoms with E-state index in [1.54, 1.807) is 16.7 Å². The van der Waals surface area contributed by atoms with Crippen LogP contribution in [0.1, 0.15) is 5.69 Å². The first-order valence-electron chi connectivity index (χ1n) is 4.52. The molecule has 0 spiro atoms. The SMILES string of the molecule is O=C(O)C(F)(F)F.O=c1cccc2n1CNC2.